The SMILES string of the molecule is N#Cc1ccc(F)cc1Cn1c(N2CCC[C@@H](N)C2)cc(=O)n(Cc2cc(F)ccc2C#N)c1=O. The molecule has 3 aromatic rings. The summed E-state index contributed by atoms with van der Waals surface area (Å²) in [6.07, 6.45) is 1.56. The lowest BCUT2D eigenvalue weighted by molar-refractivity contribution is 0.489. The second-order valence-corrected chi connectivity index (χ2v) is 8.47. The molecule has 0 radical (unpaired) electrons. The van der Waals surface area contributed by atoms with Gasteiger partial charge < -0.3 is 10.6 Å². The summed E-state index contributed by atoms with van der Waals surface area (Å²) in [5.74, 6) is -0.871. The smallest absolute Gasteiger partial charge is 0.333 e. The zero-order valence-electron chi connectivity index (χ0n) is 18.7. The molecule has 35 heavy (non-hydrogen) atoms. The van der Waals surface area contributed by atoms with Gasteiger partial charge in [0.05, 0.1) is 36.4 Å². The molecule has 10 heteroatoms. The minimum atomic E-state index is -0.729. The molecule has 2 aromatic carbocycles. The van der Waals surface area contributed by atoms with E-state index >= 15 is 0 Å². The average Bonchev–Trinajstić information content (AvgIpc) is 2.83. The van der Waals surface area contributed by atoms with Gasteiger partial charge in [0.1, 0.15) is 17.5 Å². The number of rotatable bonds is 5. The van der Waals surface area contributed by atoms with Crippen molar-refractivity contribution in [3.63, 3.8) is 0 Å². The van der Waals surface area contributed by atoms with Crippen LogP contribution in [0.15, 0.2) is 52.1 Å². The quantitative estimate of drug-likeness (QED) is 0.602. The van der Waals surface area contributed by atoms with E-state index in [0.29, 0.717) is 18.9 Å². The van der Waals surface area contributed by atoms with Gasteiger partial charge in [-0.1, -0.05) is 0 Å². The molecular formula is C25H22F2N6O2. The highest BCUT2D eigenvalue weighted by atomic mass is 19.1. The molecule has 2 N–H and O–H groups in total. The maximum atomic E-state index is 14.0. The normalized spacial score (nSPS) is 15.5. The largest absolute Gasteiger partial charge is 0.356 e. The van der Waals surface area contributed by atoms with Crippen LogP contribution in [0.25, 0.3) is 0 Å². The van der Waals surface area contributed by atoms with E-state index in [1.165, 1.54) is 28.8 Å². The molecule has 1 aliphatic rings. The number of benzene rings is 2. The van der Waals surface area contributed by atoms with E-state index in [9.17, 15) is 28.9 Å². The van der Waals surface area contributed by atoms with Crippen molar-refractivity contribution in [1.29, 1.82) is 10.5 Å². The van der Waals surface area contributed by atoms with Crippen LogP contribution in [0.3, 0.4) is 0 Å². The van der Waals surface area contributed by atoms with Crippen molar-refractivity contribution in [1.82, 2.24) is 9.13 Å². The third-order valence-electron chi connectivity index (χ3n) is 6.07. The lowest BCUT2D eigenvalue weighted by atomic mass is 10.1. The summed E-state index contributed by atoms with van der Waals surface area (Å²) < 4.78 is 30.0. The van der Waals surface area contributed by atoms with E-state index in [2.05, 4.69) is 0 Å². The molecule has 0 amide bonds. The minimum Gasteiger partial charge on any atom is -0.356 e. The van der Waals surface area contributed by atoms with Crippen molar-refractivity contribution in [3.05, 3.63) is 97.2 Å². The number of nitrogens with two attached hydrogens (primary N) is 1. The third kappa shape index (κ3) is 4.98. The van der Waals surface area contributed by atoms with E-state index < -0.39 is 22.9 Å². The van der Waals surface area contributed by atoms with Crippen molar-refractivity contribution < 1.29 is 8.78 Å². The van der Waals surface area contributed by atoms with Gasteiger partial charge in [0, 0.05) is 25.2 Å². The van der Waals surface area contributed by atoms with Crippen molar-refractivity contribution in [3.8, 4) is 12.1 Å². The van der Waals surface area contributed by atoms with E-state index in [-0.39, 0.29) is 41.4 Å². The van der Waals surface area contributed by atoms with Crippen LogP contribution in [0, 0.1) is 34.3 Å². The van der Waals surface area contributed by atoms with Gasteiger partial charge in [0.2, 0.25) is 0 Å². The van der Waals surface area contributed by atoms with Crippen molar-refractivity contribution >= 4 is 5.82 Å². The Bertz CT molecular complexity index is 1480. The Morgan fingerprint density at radius 3 is 2.03 bits per heavy atom. The Balaban J connectivity index is 1.88. The Morgan fingerprint density at radius 2 is 1.49 bits per heavy atom. The van der Waals surface area contributed by atoms with Gasteiger partial charge >= 0.3 is 5.69 Å². The van der Waals surface area contributed by atoms with Crippen molar-refractivity contribution in [2.45, 2.75) is 32.0 Å². The van der Waals surface area contributed by atoms with Gasteiger partial charge in [0.15, 0.2) is 0 Å². The molecule has 1 saturated heterocycles. The van der Waals surface area contributed by atoms with Gasteiger partial charge in [-0.2, -0.15) is 10.5 Å². The summed E-state index contributed by atoms with van der Waals surface area (Å²) in [7, 11) is 0. The molecule has 1 aromatic heterocycles. The standard InChI is InChI=1S/C25H22F2N6O2/c26-20-5-3-16(11-28)18(8-20)13-32-23(31-7-1-2-22(30)15-31)10-24(34)33(25(32)35)14-19-9-21(27)6-4-17(19)12-29/h3-6,8-10,22H,1-2,7,13-15,30H2/t22-/m1/s1. The van der Waals surface area contributed by atoms with Crippen LogP contribution in [0.4, 0.5) is 14.6 Å². The number of aromatic nitrogens is 2. The van der Waals surface area contributed by atoms with Crippen LogP contribution in [0.5, 0.6) is 0 Å². The molecule has 1 aliphatic heterocycles. The highest BCUT2D eigenvalue weighted by Crippen LogP contribution is 2.20. The topological polar surface area (TPSA) is 121 Å². The molecule has 0 bridgehead atoms. The first-order valence-electron chi connectivity index (χ1n) is 11.0. The van der Waals surface area contributed by atoms with Crippen LogP contribution >= 0.6 is 0 Å². The lowest BCUT2D eigenvalue weighted by Crippen LogP contribution is -2.48. The summed E-state index contributed by atoms with van der Waals surface area (Å²) in [4.78, 5) is 28.5. The fourth-order valence-corrected chi connectivity index (χ4v) is 4.32. The molecule has 0 spiro atoms. The molecule has 0 aliphatic carbocycles. The number of piperidine rings is 1. The molecule has 1 atom stereocenters. The van der Waals surface area contributed by atoms with Gasteiger partial charge in [-0.3, -0.25) is 13.9 Å². The Kier molecular flexibility index (Phi) is 6.76. The molecule has 2 heterocycles. The number of nitrogens with zero attached hydrogens (tertiary/aromatic N) is 5. The fourth-order valence-electron chi connectivity index (χ4n) is 4.32. The predicted octanol–water partition coefficient (Wildman–Crippen LogP) is 2.06. The Hall–Kier alpha value is -4.28. The molecule has 4 rings (SSSR count). The zero-order valence-corrected chi connectivity index (χ0v) is 18.7. The molecule has 178 valence electrons. The van der Waals surface area contributed by atoms with Crippen molar-refractivity contribution in [2.24, 2.45) is 5.73 Å². The van der Waals surface area contributed by atoms with Crippen LogP contribution in [-0.4, -0.2) is 28.3 Å². The Labute approximate surface area is 199 Å². The summed E-state index contributed by atoms with van der Waals surface area (Å²) in [6, 6.07) is 12.2. The monoisotopic (exact) mass is 476 g/mol. The van der Waals surface area contributed by atoms with Gasteiger partial charge in [0.25, 0.3) is 5.56 Å². The van der Waals surface area contributed by atoms with Crippen LogP contribution in [0.1, 0.15) is 35.1 Å². The van der Waals surface area contributed by atoms with Crippen LogP contribution in [0.2, 0.25) is 0 Å². The first kappa shape index (κ1) is 23.9. The summed E-state index contributed by atoms with van der Waals surface area (Å²) in [6.45, 7) is 0.481. The molecule has 8 nitrogen and oxygen atoms in total. The molecule has 1 fully saturated rings. The first-order valence-corrected chi connectivity index (χ1v) is 11.0. The summed E-state index contributed by atoms with van der Waals surface area (Å²) in [5, 5.41) is 18.8. The number of halogens is 2. The number of hydrogen-bond acceptors (Lipinski definition) is 6. The number of nitriles is 2. The lowest BCUT2D eigenvalue weighted by Gasteiger charge is -2.34. The summed E-state index contributed by atoms with van der Waals surface area (Å²) >= 11 is 0. The zero-order chi connectivity index (χ0) is 25.1. The van der Waals surface area contributed by atoms with E-state index in [1.54, 1.807) is 0 Å². The number of anilines is 1. The van der Waals surface area contributed by atoms with E-state index in [1.807, 2.05) is 17.0 Å². The van der Waals surface area contributed by atoms with E-state index in [4.69, 9.17) is 5.73 Å². The van der Waals surface area contributed by atoms with Gasteiger partial charge in [-0.25, -0.2) is 13.6 Å². The highest BCUT2D eigenvalue weighted by Gasteiger charge is 2.23. The second kappa shape index (κ2) is 9.92. The van der Waals surface area contributed by atoms with Gasteiger partial charge in [-0.15, -0.1) is 0 Å². The maximum absolute atomic E-state index is 14.0. The fraction of sp³-hybridized carbons (Fsp3) is 0.280. The highest BCUT2D eigenvalue weighted by molar-refractivity contribution is 5.43. The Morgan fingerprint density at radius 1 is 0.914 bits per heavy atom. The van der Waals surface area contributed by atoms with Crippen LogP contribution < -0.4 is 21.9 Å². The number of hydrogen-bond donors (Lipinski definition) is 1. The summed E-state index contributed by atoms with van der Waals surface area (Å²) in [5.41, 5.74) is 5.52. The van der Waals surface area contributed by atoms with Crippen molar-refractivity contribution in [2.75, 3.05) is 18.0 Å². The molecular weight excluding hydrogens is 454 g/mol. The van der Waals surface area contributed by atoms with Crippen LogP contribution in [-0.2, 0) is 13.1 Å². The third-order valence-corrected chi connectivity index (χ3v) is 6.07. The average molecular weight is 476 g/mol. The maximum Gasteiger partial charge on any atom is 0.333 e. The predicted molar refractivity (Wildman–Crippen MR) is 125 cm³/mol. The minimum absolute atomic E-state index is 0.132. The van der Waals surface area contributed by atoms with E-state index in [0.717, 1.165) is 35.6 Å². The van der Waals surface area contributed by atoms with Gasteiger partial charge in [-0.05, 0) is 60.4 Å². The molecule has 0 saturated carbocycles. The second-order valence-electron chi connectivity index (χ2n) is 8.47. The molecule has 0 unspecified atom stereocenters. The first-order chi connectivity index (χ1) is 16.8.